The number of azo groups is 1. The summed E-state index contributed by atoms with van der Waals surface area (Å²) in [6.45, 7) is 12.0. The maximum Gasteiger partial charge on any atom is 0.137 e. The Kier molecular flexibility index (Phi) is 6.94. The van der Waals surface area contributed by atoms with Crippen molar-refractivity contribution in [1.82, 2.24) is 0 Å². The van der Waals surface area contributed by atoms with Crippen LogP contribution in [0.2, 0.25) is 0 Å². The first-order valence-corrected chi connectivity index (χ1v) is 8.76. The van der Waals surface area contributed by atoms with Gasteiger partial charge in [-0.05, 0) is 57.2 Å². The van der Waals surface area contributed by atoms with Crippen LogP contribution < -0.4 is 4.74 Å². The fourth-order valence-electron chi connectivity index (χ4n) is 2.72. The Morgan fingerprint density at radius 3 is 1.83 bits per heavy atom. The first-order valence-electron chi connectivity index (χ1n) is 8.76. The molecular weight excluding hydrogens is 298 g/mol. The first-order chi connectivity index (χ1) is 11.7. The molecule has 2 rings (SSSR count). The molecule has 4 heteroatoms. The number of hydrogen-bond donors (Lipinski definition) is 0. The minimum atomic E-state index is 0.737. The Bertz CT molecular complexity index is 611. The third-order valence-electron chi connectivity index (χ3n) is 4.72. The fraction of sp³-hybridized carbons (Fsp3) is 0.400. The molecule has 0 aliphatic rings. The third-order valence-corrected chi connectivity index (χ3v) is 4.72. The molecule has 2 aromatic carbocycles. The standard InChI is InChI=1S/C20H28N3O/c1-4-23(5-2,6-3)16-17-24-20-14-12-19(13-15-20)22-21-18-10-8-7-9-11-18/h7-15H,4-6,16-17H2,1-3H3/q+1. The van der Waals surface area contributed by atoms with Crippen molar-refractivity contribution in [3.63, 3.8) is 0 Å². The van der Waals surface area contributed by atoms with Crippen molar-refractivity contribution in [3.8, 4) is 5.75 Å². The molecule has 24 heavy (non-hydrogen) atoms. The highest BCUT2D eigenvalue weighted by Crippen LogP contribution is 2.21. The van der Waals surface area contributed by atoms with E-state index in [1.165, 1.54) is 0 Å². The largest absolute Gasteiger partial charge is 0.488 e. The average molecular weight is 326 g/mol. The van der Waals surface area contributed by atoms with Gasteiger partial charge < -0.3 is 9.22 Å². The Hall–Kier alpha value is -2.20. The molecular formula is C20H28N3O+. The van der Waals surface area contributed by atoms with Crippen LogP contribution in [0.1, 0.15) is 20.8 Å². The van der Waals surface area contributed by atoms with Gasteiger partial charge in [-0.2, -0.15) is 10.2 Å². The zero-order valence-electron chi connectivity index (χ0n) is 15.0. The van der Waals surface area contributed by atoms with Gasteiger partial charge in [0.2, 0.25) is 0 Å². The van der Waals surface area contributed by atoms with Gasteiger partial charge in [-0.25, -0.2) is 0 Å². The number of rotatable bonds is 9. The second kappa shape index (κ2) is 9.18. The van der Waals surface area contributed by atoms with Crippen molar-refractivity contribution in [2.45, 2.75) is 20.8 Å². The van der Waals surface area contributed by atoms with Gasteiger partial charge in [0.15, 0.2) is 0 Å². The molecule has 0 fully saturated rings. The molecule has 0 saturated carbocycles. The van der Waals surface area contributed by atoms with E-state index in [1.807, 2.05) is 54.6 Å². The SMILES string of the molecule is CC[N+](CC)(CC)CCOc1ccc(N=Nc2ccccc2)cc1. The highest BCUT2D eigenvalue weighted by Gasteiger charge is 2.20. The molecule has 0 saturated heterocycles. The summed E-state index contributed by atoms with van der Waals surface area (Å²) in [5, 5.41) is 8.46. The van der Waals surface area contributed by atoms with Crippen LogP contribution in [-0.2, 0) is 0 Å². The van der Waals surface area contributed by atoms with Crippen LogP contribution in [0.25, 0.3) is 0 Å². The van der Waals surface area contributed by atoms with E-state index in [1.54, 1.807) is 0 Å². The Morgan fingerprint density at radius 2 is 1.29 bits per heavy atom. The maximum atomic E-state index is 5.90. The van der Waals surface area contributed by atoms with Crippen LogP contribution in [0.5, 0.6) is 5.75 Å². The summed E-state index contributed by atoms with van der Waals surface area (Å²) in [4.78, 5) is 0. The van der Waals surface area contributed by atoms with E-state index in [4.69, 9.17) is 4.74 Å². The predicted octanol–water partition coefficient (Wildman–Crippen LogP) is 5.36. The lowest BCUT2D eigenvalue weighted by Crippen LogP contribution is -2.49. The summed E-state index contributed by atoms with van der Waals surface area (Å²) in [6, 6.07) is 17.5. The Labute approximate surface area is 145 Å². The zero-order chi connectivity index (χ0) is 17.3. The molecule has 0 spiro atoms. The summed E-state index contributed by atoms with van der Waals surface area (Å²) in [7, 11) is 0. The molecule has 0 radical (unpaired) electrons. The summed E-state index contributed by atoms with van der Waals surface area (Å²) in [6.07, 6.45) is 0. The maximum absolute atomic E-state index is 5.90. The van der Waals surface area contributed by atoms with Gasteiger partial charge in [0.25, 0.3) is 0 Å². The number of nitrogens with zero attached hydrogens (tertiary/aromatic N) is 3. The molecule has 0 aliphatic heterocycles. The third kappa shape index (κ3) is 5.17. The van der Waals surface area contributed by atoms with Gasteiger partial charge >= 0.3 is 0 Å². The van der Waals surface area contributed by atoms with E-state index < -0.39 is 0 Å². The Morgan fingerprint density at radius 1 is 0.750 bits per heavy atom. The molecule has 2 aromatic rings. The van der Waals surface area contributed by atoms with Crippen molar-refractivity contribution < 1.29 is 9.22 Å². The molecule has 0 amide bonds. The smallest absolute Gasteiger partial charge is 0.137 e. The van der Waals surface area contributed by atoms with Crippen LogP contribution in [-0.4, -0.2) is 37.3 Å². The lowest BCUT2D eigenvalue weighted by atomic mass is 10.3. The number of benzene rings is 2. The quantitative estimate of drug-likeness (QED) is 0.451. The normalized spacial score (nSPS) is 11.8. The van der Waals surface area contributed by atoms with Gasteiger partial charge in [0.05, 0.1) is 31.0 Å². The predicted molar refractivity (Wildman–Crippen MR) is 99.3 cm³/mol. The fourth-order valence-corrected chi connectivity index (χ4v) is 2.72. The molecule has 128 valence electrons. The summed E-state index contributed by atoms with van der Waals surface area (Å²) in [5.74, 6) is 0.884. The molecule has 0 bridgehead atoms. The van der Waals surface area contributed by atoms with Gasteiger partial charge in [-0.1, -0.05) is 18.2 Å². The molecule has 0 heterocycles. The Balaban J connectivity index is 1.87. The molecule has 0 N–H and O–H groups in total. The van der Waals surface area contributed by atoms with Crippen molar-refractivity contribution in [2.24, 2.45) is 10.2 Å². The van der Waals surface area contributed by atoms with Gasteiger partial charge in [-0.3, -0.25) is 0 Å². The van der Waals surface area contributed by atoms with E-state index >= 15 is 0 Å². The number of ether oxygens (including phenoxy) is 1. The van der Waals surface area contributed by atoms with Crippen LogP contribution in [0.15, 0.2) is 64.8 Å². The van der Waals surface area contributed by atoms with E-state index in [-0.39, 0.29) is 0 Å². The monoisotopic (exact) mass is 326 g/mol. The molecule has 4 nitrogen and oxygen atoms in total. The molecule has 0 atom stereocenters. The van der Waals surface area contributed by atoms with E-state index in [2.05, 4.69) is 31.0 Å². The van der Waals surface area contributed by atoms with E-state index in [9.17, 15) is 0 Å². The van der Waals surface area contributed by atoms with Gasteiger partial charge in [-0.15, -0.1) is 0 Å². The minimum absolute atomic E-state index is 0.737. The first kappa shape index (κ1) is 18.1. The van der Waals surface area contributed by atoms with E-state index in [0.717, 1.165) is 54.4 Å². The summed E-state index contributed by atoms with van der Waals surface area (Å²) >= 11 is 0. The second-order valence-corrected chi connectivity index (χ2v) is 5.89. The van der Waals surface area contributed by atoms with Crippen LogP contribution in [0.3, 0.4) is 0 Å². The number of quaternary nitrogens is 1. The van der Waals surface area contributed by atoms with Gasteiger partial charge in [0.1, 0.15) is 18.9 Å². The topological polar surface area (TPSA) is 34.0 Å². The van der Waals surface area contributed by atoms with E-state index in [0.29, 0.717) is 0 Å². The van der Waals surface area contributed by atoms with Crippen molar-refractivity contribution in [1.29, 1.82) is 0 Å². The number of likely N-dealkylation sites (N-methyl/N-ethyl adjacent to an activating group) is 1. The van der Waals surface area contributed by atoms with Crippen LogP contribution in [0, 0.1) is 0 Å². The minimum Gasteiger partial charge on any atom is -0.488 e. The van der Waals surface area contributed by atoms with Crippen molar-refractivity contribution in [3.05, 3.63) is 54.6 Å². The van der Waals surface area contributed by atoms with Crippen LogP contribution in [0.4, 0.5) is 11.4 Å². The molecule has 0 aromatic heterocycles. The highest BCUT2D eigenvalue weighted by atomic mass is 16.5. The highest BCUT2D eigenvalue weighted by molar-refractivity contribution is 5.42. The average Bonchev–Trinajstić information content (AvgIpc) is 2.66. The lowest BCUT2D eigenvalue weighted by molar-refractivity contribution is -0.923. The van der Waals surface area contributed by atoms with Crippen molar-refractivity contribution >= 4 is 11.4 Å². The summed E-state index contributed by atoms with van der Waals surface area (Å²) in [5.41, 5.74) is 1.68. The second-order valence-electron chi connectivity index (χ2n) is 5.89. The van der Waals surface area contributed by atoms with Gasteiger partial charge in [0, 0.05) is 0 Å². The van der Waals surface area contributed by atoms with Crippen LogP contribution >= 0.6 is 0 Å². The zero-order valence-corrected chi connectivity index (χ0v) is 15.0. The molecule has 0 aliphatic carbocycles. The summed E-state index contributed by atoms with van der Waals surface area (Å²) < 4.78 is 7.00. The lowest BCUT2D eigenvalue weighted by Gasteiger charge is -2.35. The molecule has 0 unspecified atom stereocenters. The van der Waals surface area contributed by atoms with Crippen molar-refractivity contribution in [2.75, 3.05) is 32.8 Å². The number of hydrogen-bond acceptors (Lipinski definition) is 3.